The van der Waals surface area contributed by atoms with Crippen LogP contribution in [0.25, 0.3) is 0 Å². The third-order valence-electron chi connectivity index (χ3n) is 3.31. The number of hydrogen-bond donors (Lipinski definition) is 2. The van der Waals surface area contributed by atoms with Gasteiger partial charge in [-0.3, -0.25) is 4.79 Å². The predicted molar refractivity (Wildman–Crippen MR) is 84.8 cm³/mol. The molecule has 0 bridgehead atoms. The van der Waals surface area contributed by atoms with Crippen molar-refractivity contribution in [1.82, 2.24) is 5.32 Å². The maximum absolute atomic E-state index is 13.1. The van der Waals surface area contributed by atoms with Gasteiger partial charge in [-0.25, -0.2) is 13.6 Å². The number of hydrogen-bond acceptors (Lipinski definition) is 2. The van der Waals surface area contributed by atoms with E-state index in [0.29, 0.717) is 10.6 Å². The minimum Gasteiger partial charge on any atom is -0.480 e. The molecule has 2 aromatic carbocycles. The van der Waals surface area contributed by atoms with Gasteiger partial charge in [0.15, 0.2) is 11.6 Å². The Kier molecular flexibility index (Phi) is 5.87. The molecule has 4 nitrogen and oxygen atoms in total. The summed E-state index contributed by atoms with van der Waals surface area (Å²) >= 11 is 5.85. The summed E-state index contributed by atoms with van der Waals surface area (Å²) in [6.45, 7) is 0. The SMILES string of the molecule is O=C(Cc1ccc(F)c(F)c1)N[C@@H](Cc1cccc(Cl)c1)C(=O)O. The van der Waals surface area contributed by atoms with Gasteiger partial charge in [0.2, 0.25) is 5.91 Å². The minimum atomic E-state index is -1.20. The lowest BCUT2D eigenvalue weighted by Crippen LogP contribution is -2.43. The topological polar surface area (TPSA) is 66.4 Å². The van der Waals surface area contributed by atoms with E-state index >= 15 is 0 Å². The Morgan fingerprint density at radius 1 is 1.08 bits per heavy atom. The number of carbonyl (C=O) groups excluding carboxylic acids is 1. The molecule has 2 N–H and O–H groups in total. The molecule has 0 unspecified atom stereocenters. The van der Waals surface area contributed by atoms with E-state index in [2.05, 4.69) is 5.32 Å². The lowest BCUT2D eigenvalue weighted by Gasteiger charge is -2.15. The number of rotatable bonds is 6. The fourth-order valence-electron chi connectivity index (χ4n) is 2.18. The van der Waals surface area contributed by atoms with Crippen LogP contribution in [-0.4, -0.2) is 23.0 Å². The Hall–Kier alpha value is -2.47. The van der Waals surface area contributed by atoms with Crippen molar-refractivity contribution in [2.24, 2.45) is 0 Å². The van der Waals surface area contributed by atoms with Crippen molar-refractivity contribution in [3.8, 4) is 0 Å². The first-order chi connectivity index (χ1) is 11.3. The van der Waals surface area contributed by atoms with Crippen molar-refractivity contribution < 1.29 is 23.5 Å². The molecule has 0 radical (unpaired) electrons. The van der Waals surface area contributed by atoms with E-state index in [1.165, 1.54) is 6.07 Å². The fraction of sp³-hybridized carbons (Fsp3) is 0.176. The average molecular weight is 354 g/mol. The molecule has 2 aromatic rings. The van der Waals surface area contributed by atoms with E-state index in [9.17, 15) is 23.5 Å². The summed E-state index contributed by atoms with van der Waals surface area (Å²) in [7, 11) is 0. The molecule has 0 saturated carbocycles. The van der Waals surface area contributed by atoms with Crippen LogP contribution in [-0.2, 0) is 22.4 Å². The molecule has 0 aliphatic heterocycles. The van der Waals surface area contributed by atoms with Crippen LogP contribution in [0.2, 0.25) is 5.02 Å². The smallest absolute Gasteiger partial charge is 0.326 e. The first kappa shape index (κ1) is 17.9. The average Bonchev–Trinajstić information content (AvgIpc) is 2.50. The van der Waals surface area contributed by atoms with Crippen molar-refractivity contribution in [2.75, 3.05) is 0 Å². The summed E-state index contributed by atoms with van der Waals surface area (Å²) in [6, 6.07) is 8.58. The van der Waals surface area contributed by atoms with Crippen LogP contribution < -0.4 is 5.32 Å². The first-order valence-corrected chi connectivity index (χ1v) is 7.43. The van der Waals surface area contributed by atoms with Gasteiger partial charge < -0.3 is 10.4 Å². The van der Waals surface area contributed by atoms with Gasteiger partial charge in [0.05, 0.1) is 6.42 Å². The van der Waals surface area contributed by atoms with Crippen LogP contribution in [0.4, 0.5) is 8.78 Å². The molecule has 0 aromatic heterocycles. The third kappa shape index (κ3) is 5.03. The lowest BCUT2D eigenvalue weighted by molar-refractivity contribution is -0.141. The van der Waals surface area contributed by atoms with Crippen LogP contribution in [0.1, 0.15) is 11.1 Å². The maximum atomic E-state index is 13.1. The van der Waals surface area contributed by atoms with Crippen LogP contribution in [0.5, 0.6) is 0 Å². The number of aliphatic carboxylic acids is 1. The number of carboxylic acid groups (broad SMARTS) is 1. The van der Waals surface area contributed by atoms with E-state index in [1.807, 2.05) is 0 Å². The van der Waals surface area contributed by atoms with Gasteiger partial charge in [0.1, 0.15) is 6.04 Å². The zero-order valence-electron chi connectivity index (χ0n) is 12.4. The number of amides is 1. The Bertz CT molecular complexity index is 767. The largest absolute Gasteiger partial charge is 0.480 e. The second kappa shape index (κ2) is 7.88. The summed E-state index contributed by atoms with van der Waals surface area (Å²) in [5, 5.41) is 12.1. The zero-order chi connectivity index (χ0) is 17.7. The molecule has 1 amide bonds. The molecule has 24 heavy (non-hydrogen) atoms. The molecule has 0 saturated heterocycles. The Labute approximate surface area is 142 Å². The first-order valence-electron chi connectivity index (χ1n) is 7.05. The highest BCUT2D eigenvalue weighted by Crippen LogP contribution is 2.13. The van der Waals surface area contributed by atoms with Crippen LogP contribution in [0, 0.1) is 11.6 Å². The number of carbonyl (C=O) groups is 2. The fourth-order valence-corrected chi connectivity index (χ4v) is 2.39. The monoisotopic (exact) mass is 353 g/mol. The molecule has 0 spiro atoms. The van der Waals surface area contributed by atoms with E-state index in [-0.39, 0.29) is 18.4 Å². The molecule has 7 heteroatoms. The predicted octanol–water partition coefficient (Wildman–Crippen LogP) is 2.97. The normalized spacial score (nSPS) is 11.8. The summed E-state index contributed by atoms with van der Waals surface area (Å²) in [4.78, 5) is 23.3. The van der Waals surface area contributed by atoms with Crippen molar-refractivity contribution in [2.45, 2.75) is 18.9 Å². The summed E-state index contributed by atoms with van der Waals surface area (Å²) in [6.07, 6.45) is -0.198. The highest BCUT2D eigenvalue weighted by molar-refractivity contribution is 6.30. The lowest BCUT2D eigenvalue weighted by atomic mass is 10.1. The van der Waals surface area contributed by atoms with Crippen molar-refractivity contribution >= 4 is 23.5 Å². The Morgan fingerprint density at radius 3 is 2.46 bits per heavy atom. The molecule has 2 rings (SSSR count). The number of carboxylic acids is 1. The molecule has 126 valence electrons. The van der Waals surface area contributed by atoms with Gasteiger partial charge in [-0.05, 0) is 35.4 Å². The van der Waals surface area contributed by atoms with E-state index in [4.69, 9.17) is 11.6 Å². The summed E-state index contributed by atoms with van der Waals surface area (Å²) < 4.78 is 26.0. The minimum absolute atomic E-state index is 0.0550. The molecular weight excluding hydrogens is 340 g/mol. The second-order valence-electron chi connectivity index (χ2n) is 5.22. The maximum Gasteiger partial charge on any atom is 0.326 e. The van der Waals surface area contributed by atoms with Crippen LogP contribution >= 0.6 is 11.6 Å². The molecule has 0 fully saturated rings. The van der Waals surface area contributed by atoms with Gasteiger partial charge >= 0.3 is 5.97 Å². The van der Waals surface area contributed by atoms with Gasteiger partial charge in [-0.2, -0.15) is 0 Å². The zero-order valence-corrected chi connectivity index (χ0v) is 13.2. The molecular formula is C17H14ClF2NO3. The highest BCUT2D eigenvalue weighted by Gasteiger charge is 2.20. The van der Waals surface area contributed by atoms with Crippen molar-refractivity contribution in [3.05, 3.63) is 70.2 Å². The molecule has 1 atom stereocenters. The second-order valence-corrected chi connectivity index (χ2v) is 5.65. The molecule has 0 heterocycles. The number of halogens is 3. The van der Waals surface area contributed by atoms with Gasteiger partial charge in [-0.1, -0.05) is 29.8 Å². The third-order valence-corrected chi connectivity index (χ3v) is 3.55. The molecule has 0 aliphatic carbocycles. The van der Waals surface area contributed by atoms with E-state index in [0.717, 1.165) is 12.1 Å². The number of benzene rings is 2. The van der Waals surface area contributed by atoms with Crippen LogP contribution in [0.3, 0.4) is 0 Å². The standard InChI is InChI=1S/C17H14ClF2NO3/c18-12-3-1-2-10(6-12)8-15(17(23)24)21-16(22)9-11-4-5-13(19)14(20)7-11/h1-7,15H,8-9H2,(H,21,22)(H,23,24)/t15-/m0/s1. The van der Waals surface area contributed by atoms with E-state index in [1.54, 1.807) is 24.3 Å². The quantitative estimate of drug-likeness (QED) is 0.839. The van der Waals surface area contributed by atoms with E-state index < -0.39 is 29.6 Å². The summed E-state index contributed by atoms with van der Waals surface area (Å²) in [5.41, 5.74) is 0.904. The Balaban J connectivity index is 2.02. The van der Waals surface area contributed by atoms with Crippen molar-refractivity contribution in [1.29, 1.82) is 0 Å². The summed E-state index contributed by atoms with van der Waals surface area (Å²) in [5.74, 6) is -3.87. The highest BCUT2D eigenvalue weighted by atomic mass is 35.5. The van der Waals surface area contributed by atoms with Crippen LogP contribution in [0.15, 0.2) is 42.5 Å². The van der Waals surface area contributed by atoms with Gasteiger partial charge in [0, 0.05) is 11.4 Å². The van der Waals surface area contributed by atoms with Gasteiger partial charge in [0.25, 0.3) is 0 Å². The van der Waals surface area contributed by atoms with Crippen molar-refractivity contribution in [3.63, 3.8) is 0 Å². The molecule has 0 aliphatic rings. The number of nitrogens with one attached hydrogen (secondary N) is 1. The van der Waals surface area contributed by atoms with Gasteiger partial charge in [-0.15, -0.1) is 0 Å². The Morgan fingerprint density at radius 2 is 1.83 bits per heavy atom.